The van der Waals surface area contributed by atoms with E-state index in [-0.39, 0.29) is 23.6 Å². The van der Waals surface area contributed by atoms with Crippen LogP contribution in [-0.2, 0) is 9.47 Å². The molecule has 0 aliphatic heterocycles. The Balaban J connectivity index is 2.65. The second-order valence-electron chi connectivity index (χ2n) is 3.97. The van der Waals surface area contributed by atoms with E-state index in [0.29, 0.717) is 5.69 Å². The maximum absolute atomic E-state index is 12.2. The maximum Gasteiger partial charge on any atom is 0.358 e. The molecule has 0 saturated carbocycles. The molecule has 0 bridgehead atoms. The number of esters is 2. The molecule has 0 spiro atoms. The summed E-state index contributed by atoms with van der Waals surface area (Å²) < 4.78 is 15.0. The van der Waals surface area contributed by atoms with Gasteiger partial charge in [0.2, 0.25) is 0 Å². The van der Waals surface area contributed by atoms with Gasteiger partial charge in [0.05, 0.1) is 31.4 Å². The van der Waals surface area contributed by atoms with E-state index in [1.165, 1.54) is 25.6 Å². The van der Waals surface area contributed by atoms with Gasteiger partial charge in [0.1, 0.15) is 5.56 Å². The number of rotatable bonds is 5. The normalized spacial score (nSPS) is 10.2. The van der Waals surface area contributed by atoms with Gasteiger partial charge < -0.3 is 19.2 Å². The number of methoxy groups -OCH3 is 2. The van der Waals surface area contributed by atoms with Gasteiger partial charge in [0, 0.05) is 0 Å². The monoisotopic (exact) mass is 309 g/mol. The van der Waals surface area contributed by atoms with E-state index >= 15 is 0 Å². The number of aromatic nitrogens is 1. The fourth-order valence-corrected chi connectivity index (χ4v) is 2.67. The van der Waals surface area contributed by atoms with Crippen molar-refractivity contribution < 1.29 is 23.8 Å². The molecule has 2 heterocycles. The minimum absolute atomic E-state index is 0.0893. The van der Waals surface area contributed by atoms with Crippen LogP contribution in [0, 0.1) is 0 Å². The molecule has 0 fully saturated rings. The van der Waals surface area contributed by atoms with Crippen molar-refractivity contribution in [3.8, 4) is 16.3 Å². The third-order valence-corrected chi connectivity index (χ3v) is 3.68. The Morgan fingerprint density at radius 2 is 2.05 bits per heavy atom. The zero-order chi connectivity index (χ0) is 15.4. The standard InChI is InChI=1S/C14H15NO5S/c1-4-20-13(16)9-10(8-6-5-7-21-8)15-11(12(9)18-2)14(17)19-3/h5-7,15H,4H2,1-3H3. The highest BCUT2D eigenvalue weighted by Gasteiger charge is 2.30. The molecule has 0 unspecified atom stereocenters. The van der Waals surface area contributed by atoms with Crippen molar-refractivity contribution in [1.82, 2.24) is 4.98 Å². The lowest BCUT2D eigenvalue weighted by Gasteiger charge is -2.05. The summed E-state index contributed by atoms with van der Waals surface area (Å²) in [6, 6.07) is 3.68. The number of hydrogen-bond donors (Lipinski definition) is 1. The second kappa shape index (κ2) is 6.45. The molecular weight excluding hydrogens is 294 g/mol. The maximum atomic E-state index is 12.2. The van der Waals surface area contributed by atoms with E-state index in [0.717, 1.165) is 4.88 Å². The molecule has 0 saturated heterocycles. The smallest absolute Gasteiger partial charge is 0.358 e. The molecule has 2 aromatic rings. The van der Waals surface area contributed by atoms with Crippen molar-refractivity contribution in [3.05, 3.63) is 28.8 Å². The molecule has 0 aliphatic carbocycles. The molecular formula is C14H15NO5S. The first-order valence-electron chi connectivity index (χ1n) is 6.23. The highest BCUT2D eigenvalue weighted by atomic mass is 32.1. The van der Waals surface area contributed by atoms with E-state index < -0.39 is 11.9 Å². The number of hydrogen-bond acceptors (Lipinski definition) is 6. The van der Waals surface area contributed by atoms with Crippen LogP contribution in [-0.4, -0.2) is 37.7 Å². The molecule has 0 atom stereocenters. The van der Waals surface area contributed by atoms with Crippen molar-refractivity contribution in [2.45, 2.75) is 6.92 Å². The number of carbonyl (C=O) groups is 2. The summed E-state index contributed by atoms with van der Waals surface area (Å²) in [4.78, 5) is 27.7. The topological polar surface area (TPSA) is 77.6 Å². The van der Waals surface area contributed by atoms with E-state index in [2.05, 4.69) is 4.98 Å². The summed E-state index contributed by atoms with van der Waals surface area (Å²) in [7, 11) is 2.65. The number of carbonyl (C=O) groups excluding carboxylic acids is 2. The summed E-state index contributed by atoms with van der Waals surface area (Å²) in [5.41, 5.74) is 0.773. The average molecular weight is 309 g/mol. The average Bonchev–Trinajstić information content (AvgIpc) is 3.12. The second-order valence-corrected chi connectivity index (χ2v) is 4.92. The molecule has 2 aromatic heterocycles. The molecule has 0 aromatic carbocycles. The summed E-state index contributed by atoms with van der Waals surface area (Å²) >= 11 is 1.43. The molecule has 0 amide bonds. The quantitative estimate of drug-likeness (QED) is 0.859. The number of aromatic amines is 1. The highest BCUT2D eigenvalue weighted by molar-refractivity contribution is 7.13. The zero-order valence-electron chi connectivity index (χ0n) is 11.9. The zero-order valence-corrected chi connectivity index (χ0v) is 12.7. The number of H-pyrrole nitrogens is 1. The SMILES string of the molecule is CCOC(=O)c1c(-c2cccs2)[nH]c(C(=O)OC)c1OC. The lowest BCUT2D eigenvalue weighted by atomic mass is 10.2. The Bertz CT molecular complexity index is 645. The molecule has 1 N–H and O–H groups in total. The molecule has 2 rings (SSSR count). The van der Waals surface area contributed by atoms with Crippen molar-refractivity contribution in [2.75, 3.05) is 20.8 Å². The van der Waals surface area contributed by atoms with Gasteiger partial charge in [-0.25, -0.2) is 9.59 Å². The van der Waals surface area contributed by atoms with Gasteiger partial charge in [0.15, 0.2) is 11.4 Å². The minimum Gasteiger partial charge on any atom is -0.493 e. The van der Waals surface area contributed by atoms with Gasteiger partial charge in [-0.3, -0.25) is 0 Å². The minimum atomic E-state index is -0.611. The predicted octanol–water partition coefficient (Wildman–Crippen LogP) is 2.72. The highest BCUT2D eigenvalue weighted by Crippen LogP contribution is 2.36. The van der Waals surface area contributed by atoms with Gasteiger partial charge in [-0.15, -0.1) is 11.3 Å². The molecule has 7 heteroatoms. The van der Waals surface area contributed by atoms with Crippen LogP contribution in [0.1, 0.15) is 27.8 Å². The van der Waals surface area contributed by atoms with Crippen LogP contribution in [0.25, 0.3) is 10.6 Å². The van der Waals surface area contributed by atoms with Crippen molar-refractivity contribution >= 4 is 23.3 Å². The fraction of sp³-hybridized carbons (Fsp3) is 0.286. The molecule has 21 heavy (non-hydrogen) atoms. The van der Waals surface area contributed by atoms with Crippen molar-refractivity contribution in [1.29, 1.82) is 0 Å². The van der Waals surface area contributed by atoms with Gasteiger partial charge in [0.25, 0.3) is 0 Å². The van der Waals surface area contributed by atoms with Crippen LogP contribution in [0.3, 0.4) is 0 Å². The van der Waals surface area contributed by atoms with Crippen LogP contribution in [0.4, 0.5) is 0 Å². The van der Waals surface area contributed by atoms with Crippen LogP contribution in [0.5, 0.6) is 5.75 Å². The Kier molecular flexibility index (Phi) is 4.64. The number of nitrogens with one attached hydrogen (secondary N) is 1. The molecule has 6 nitrogen and oxygen atoms in total. The predicted molar refractivity (Wildman–Crippen MR) is 78.0 cm³/mol. The molecule has 112 valence electrons. The third-order valence-electron chi connectivity index (χ3n) is 2.79. The fourth-order valence-electron chi connectivity index (χ4n) is 1.94. The summed E-state index contributed by atoms with van der Waals surface area (Å²) in [5.74, 6) is -1.03. The Hall–Kier alpha value is -2.28. The van der Waals surface area contributed by atoms with Gasteiger partial charge in [-0.05, 0) is 18.4 Å². The number of thiophene rings is 1. The van der Waals surface area contributed by atoms with Gasteiger partial charge in [-0.2, -0.15) is 0 Å². The third kappa shape index (κ3) is 2.78. The van der Waals surface area contributed by atoms with Crippen LogP contribution >= 0.6 is 11.3 Å². The molecule has 0 aliphatic rings. The van der Waals surface area contributed by atoms with Crippen LogP contribution in [0.2, 0.25) is 0 Å². The lowest BCUT2D eigenvalue weighted by molar-refractivity contribution is 0.0524. The van der Waals surface area contributed by atoms with E-state index in [4.69, 9.17) is 14.2 Å². The first-order valence-corrected chi connectivity index (χ1v) is 7.11. The van der Waals surface area contributed by atoms with E-state index in [1.54, 1.807) is 6.92 Å². The largest absolute Gasteiger partial charge is 0.493 e. The molecule has 0 radical (unpaired) electrons. The Morgan fingerprint density at radius 1 is 1.29 bits per heavy atom. The first-order chi connectivity index (χ1) is 10.1. The Labute approximate surface area is 125 Å². The van der Waals surface area contributed by atoms with Gasteiger partial charge >= 0.3 is 11.9 Å². The lowest BCUT2D eigenvalue weighted by Crippen LogP contribution is -2.08. The first kappa shape index (κ1) is 15.1. The summed E-state index contributed by atoms with van der Waals surface area (Å²) in [5, 5.41) is 1.87. The van der Waals surface area contributed by atoms with E-state index in [1.807, 2.05) is 17.5 Å². The Morgan fingerprint density at radius 3 is 2.57 bits per heavy atom. The van der Waals surface area contributed by atoms with Crippen molar-refractivity contribution in [2.24, 2.45) is 0 Å². The number of ether oxygens (including phenoxy) is 3. The van der Waals surface area contributed by atoms with Crippen LogP contribution < -0.4 is 4.74 Å². The van der Waals surface area contributed by atoms with Crippen molar-refractivity contribution in [3.63, 3.8) is 0 Å². The summed E-state index contributed by atoms with van der Waals surface area (Å²) in [6.45, 7) is 1.94. The van der Waals surface area contributed by atoms with E-state index in [9.17, 15) is 9.59 Å². The van der Waals surface area contributed by atoms with Gasteiger partial charge in [-0.1, -0.05) is 6.07 Å². The summed E-state index contributed by atoms with van der Waals surface area (Å²) in [6.07, 6.45) is 0. The van der Waals surface area contributed by atoms with Crippen LogP contribution in [0.15, 0.2) is 17.5 Å².